The first-order valence-electron chi connectivity index (χ1n) is 8.43. The average molecular weight is 480 g/mol. The minimum Gasteiger partial charge on any atom is -0.368 e. The van der Waals surface area contributed by atoms with Crippen molar-refractivity contribution in [2.45, 2.75) is 37.1 Å². The molecule has 17 heteroatoms. The van der Waals surface area contributed by atoms with Gasteiger partial charge in [0.25, 0.3) is 0 Å². The van der Waals surface area contributed by atoms with Crippen LogP contribution in [0, 0.1) is 0 Å². The van der Waals surface area contributed by atoms with Gasteiger partial charge in [0, 0.05) is 20.6 Å². The van der Waals surface area contributed by atoms with Crippen LogP contribution in [0.2, 0.25) is 0 Å². The van der Waals surface area contributed by atoms with E-state index in [9.17, 15) is 40.7 Å². The highest BCUT2D eigenvalue weighted by atomic mass is 31.2. The normalized spacial score (nSPS) is 13.7. The van der Waals surface area contributed by atoms with Crippen LogP contribution >= 0.6 is 7.60 Å². The third kappa shape index (κ3) is 6.18. The van der Waals surface area contributed by atoms with E-state index in [0.29, 0.717) is 5.82 Å². The van der Waals surface area contributed by atoms with Gasteiger partial charge in [-0.25, -0.2) is 4.98 Å². The Balaban J connectivity index is 2.35. The van der Waals surface area contributed by atoms with Crippen molar-refractivity contribution >= 4 is 30.5 Å². The molecule has 2 heterocycles. The van der Waals surface area contributed by atoms with Crippen molar-refractivity contribution in [1.29, 1.82) is 0 Å². The van der Waals surface area contributed by atoms with E-state index in [1.165, 1.54) is 10.9 Å². The van der Waals surface area contributed by atoms with Crippen molar-refractivity contribution in [3.8, 4) is 0 Å². The molecule has 0 aliphatic heterocycles. The number of nitrogens with two attached hydrogens (primary N) is 1. The van der Waals surface area contributed by atoms with Crippen LogP contribution in [0.15, 0.2) is 6.33 Å². The fourth-order valence-electron chi connectivity index (χ4n) is 2.84. The summed E-state index contributed by atoms with van der Waals surface area (Å²) in [5, 5.41) is -3.83. The highest BCUT2D eigenvalue weighted by Gasteiger charge is 2.59. The molecule has 0 amide bonds. The molecule has 0 aromatic carbocycles. The molecule has 0 unspecified atom stereocenters. The zero-order valence-corrected chi connectivity index (χ0v) is 17.0. The van der Waals surface area contributed by atoms with E-state index < -0.39 is 51.3 Å². The number of halogens is 6. The molecule has 0 saturated carbocycles. The van der Waals surface area contributed by atoms with Crippen LogP contribution in [0.5, 0.6) is 0 Å². The molecular formula is C14H19F6N6O4P. The fourth-order valence-corrected chi connectivity index (χ4v) is 3.87. The predicted molar refractivity (Wildman–Crippen MR) is 96.1 cm³/mol. The van der Waals surface area contributed by atoms with Crippen molar-refractivity contribution < 1.29 is 45.4 Å². The average Bonchev–Trinajstić information content (AvgIpc) is 2.92. The summed E-state index contributed by atoms with van der Waals surface area (Å²) in [6.07, 6.45) is -14.5. The second-order valence-corrected chi connectivity index (χ2v) is 8.74. The van der Waals surface area contributed by atoms with Gasteiger partial charge in [-0.1, -0.05) is 0 Å². The molecular weight excluding hydrogens is 461 g/mol. The number of anilines is 2. The van der Waals surface area contributed by atoms with Gasteiger partial charge in [-0.2, -0.15) is 36.3 Å². The number of nitrogens with zero attached hydrogens (tertiary/aromatic N) is 5. The first-order valence-corrected chi connectivity index (χ1v) is 10.0. The maximum absolute atomic E-state index is 12.9. The second kappa shape index (κ2) is 8.41. The summed E-state index contributed by atoms with van der Waals surface area (Å²) >= 11 is 0. The van der Waals surface area contributed by atoms with E-state index in [-0.39, 0.29) is 17.1 Å². The highest BCUT2D eigenvalue weighted by molar-refractivity contribution is 7.53. The number of rotatable bonds is 8. The SMILES string of the molecule is CN(C)c1nc(N)nc2c1ncn2CCOC(CC(F)(F)F)(CC(F)(F)F)P(=O)(O)O. The largest absolute Gasteiger partial charge is 0.392 e. The molecule has 31 heavy (non-hydrogen) atoms. The number of hydrogen-bond acceptors (Lipinski definition) is 7. The Morgan fingerprint density at radius 1 is 1.13 bits per heavy atom. The fraction of sp³-hybridized carbons (Fsp3) is 0.643. The third-order valence-corrected chi connectivity index (χ3v) is 5.58. The molecule has 0 aliphatic carbocycles. The molecule has 0 saturated heterocycles. The van der Waals surface area contributed by atoms with Gasteiger partial charge < -0.3 is 29.7 Å². The Hall–Kier alpha value is -2.16. The zero-order chi connectivity index (χ0) is 23.8. The van der Waals surface area contributed by atoms with E-state index in [4.69, 9.17) is 5.73 Å². The van der Waals surface area contributed by atoms with Crippen molar-refractivity contribution in [3.05, 3.63) is 6.33 Å². The van der Waals surface area contributed by atoms with Crippen LogP contribution in [0.1, 0.15) is 12.8 Å². The lowest BCUT2D eigenvalue weighted by molar-refractivity contribution is -0.211. The monoisotopic (exact) mass is 480 g/mol. The number of hydrogen-bond donors (Lipinski definition) is 3. The number of nitrogen functional groups attached to an aromatic ring is 1. The molecule has 4 N–H and O–H groups in total. The Morgan fingerprint density at radius 3 is 2.13 bits per heavy atom. The van der Waals surface area contributed by atoms with E-state index >= 15 is 0 Å². The molecule has 2 aromatic heterocycles. The summed E-state index contributed by atoms with van der Waals surface area (Å²) in [6, 6.07) is 0. The second-order valence-electron chi connectivity index (χ2n) is 6.83. The smallest absolute Gasteiger partial charge is 0.368 e. The van der Waals surface area contributed by atoms with Crippen LogP contribution < -0.4 is 10.6 Å². The Labute approximate surface area is 171 Å². The molecule has 0 bridgehead atoms. The molecule has 10 nitrogen and oxygen atoms in total. The van der Waals surface area contributed by atoms with E-state index in [1.807, 2.05) is 0 Å². The highest BCUT2D eigenvalue weighted by Crippen LogP contribution is 2.60. The van der Waals surface area contributed by atoms with Gasteiger partial charge in [-0.15, -0.1) is 0 Å². The van der Waals surface area contributed by atoms with Crippen LogP contribution in [-0.4, -0.2) is 67.7 Å². The van der Waals surface area contributed by atoms with Gasteiger partial charge in [0.15, 0.2) is 22.3 Å². The van der Waals surface area contributed by atoms with Crippen LogP contribution in [0.3, 0.4) is 0 Å². The van der Waals surface area contributed by atoms with Gasteiger partial charge >= 0.3 is 19.9 Å². The summed E-state index contributed by atoms with van der Waals surface area (Å²) in [7, 11) is -2.76. The molecule has 176 valence electrons. The van der Waals surface area contributed by atoms with Crippen molar-refractivity contribution in [3.63, 3.8) is 0 Å². The summed E-state index contributed by atoms with van der Waals surface area (Å²) in [5.74, 6) is 0.137. The summed E-state index contributed by atoms with van der Waals surface area (Å²) < 4.78 is 94.9. The van der Waals surface area contributed by atoms with E-state index in [2.05, 4.69) is 19.7 Å². The zero-order valence-electron chi connectivity index (χ0n) is 16.1. The topological polar surface area (TPSA) is 140 Å². The Bertz CT molecular complexity index is 957. The standard InChI is InChI=1S/C14H19F6N6O4P/c1-25(2)9-8-10(24-11(21)23-9)26(7-22-8)3-4-30-12(31(27,28)29,5-13(15,16)17)6-14(18,19)20/h7H,3-6H2,1-2H3,(H2,21,23,24)(H2,27,28,29). The van der Waals surface area contributed by atoms with E-state index in [1.54, 1.807) is 19.0 Å². The molecule has 0 radical (unpaired) electrons. The number of aromatic nitrogens is 4. The van der Waals surface area contributed by atoms with Crippen molar-refractivity contribution in [2.24, 2.45) is 0 Å². The minimum absolute atomic E-state index is 0.105. The summed E-state index contributed by atoms with van der Waals surface area (Å²) in [6.45, 7) is -1.33. The number of imidazole rings is 1. The molecule has 0 spiro atoms. The van der Waals surface area contributed by atoms with Gasteiger partial charge in [-0.05, 0) is 0 Å². The first kappa shape index (κ1) is 25.1. The van der Waals surface area contributed by atoms with Gasteiger partial charge in [0.2, 0.25) is 5.95 Å². The van der Waals surface area contributed by atoms with Crippen LogP contribution in [-0.2, 0) is 15.8 Å². The van der Waals surface area contributed by atoms with Gasteiger partial charge in [0.1, 0.15) is 0 Å². The van der Waals surface area contributed by atoms with Gasteiger partial charge in [-0.3, -0.25) is 4.57 Å². The number of fused-ring (bicyclic) bond motifs is 1. The number of ether oxygens (including phenoxy) is 1. The van der Waals surface area contributed by atoms with Crippen molar-refractivity contribution in [2.75, 3.05) is 31.3 Å². The molecule has 0 fully saturated rings. The Kier molecular flexibility index (Phi) is 6.81. The van der Waals surface area contributed by atoms with Crippen molar-refractivity contribution in [1.82, 2.24) is 19.5 Å². The molecule has 0 atom stereocenters. The summed E-state index contributed by atoms with van der Waals surface area (Å²) in [4.78, 5) is 32.2. The first-order chi connectivity index (χ1) is 13.9. The quantitative estimate of drug-likeness (QED) is 0.384. The number of alkyl halides is 6. The van der Waals surface area contributed by atoms with Crippen LogP contribution in [0.25, 0.3) is 11.2 Å². The molecule has 0 aliphatic rings. The lowest BCUT2D eigenvalue weighted by Crippen LogP contribution is -2.42. The minimum atomic E-state index is -6.02. The lowest BCUT2D eigenvalue weighted by Gasteiger charge is -2.35. The Morgan fingerprint density at radius 2 is 1.68 bits per heavy atom. The summed E-state index contributed by atoms with van der Waals surface area (Å²) in [5.41, 5.74) is 5.96. The molecule has 2 aromatic rings. The lowest BCUT2D eigenvalue weighted by atomic mass is 10.1. The predicted octanol–water partition coefficient (Wildman–Crippen LogP) is 2.27. The van der Waals surface area contributed by atoms with Gasteiger partial charge in [0.05, 0.1) is 25.8 Å². The maximum atomic E-state index is 12.9. The van der Waals surface area contributed by atoms with Crippen LogP contribution in [0.4, 0.5) is 38.1 Å². The van der Waals surface area contributed by atoms with E-state index in [0.717, 1.165) is 0 Å². The third-order valence-electron chi connectivity index (χ3n) is 4.07. The maximum Gasteiger partial charge on any atom is 0.392 e. The molecule has 2 rings (SSSR count).